The first-order chi connectivity index (χ1) is 8.56. The molecule has 18 heavy (non-hydrogen) atoms. The fourth-order valence-electron chi connectivity index (χ4n) is 1.72. The molecule has 0 spiro atoms. The third-order valence-corrected chi connectivity index (χ3v) is 2.99. The van der Waals surface area contributed by atoms with E-state index >= 15 is 0 Å². The van der Waals surface area contributed by atoms with Crippen molar-refractivity contribution in [1.29, 1.82) is 0 Å². The average molecular weight is 266 g/mol. The van der Waals surface area contributed by atoms with Gasteiger partial charge in [-0.2, -0.15) is 0 Å². The summed E-state index contributed by atoms with van der Waals surface area (Å²) >= 11 is 6.04. The number of aromatic nitrogens is 4. The monoisotopic (exact) mass is 265 g/mol. The summed E-state index contributed by atoms with van der Waals surface area (Å²) in [6, 6.07) is 0.225. The summed E-state index contributed by atoms with van der Waals surface area (Å²) in [5, 5.41) is 3.85. The fourth-order valence-corrected chi connectivity index (χ4v) is 1.94. The Morgan fingerprint density at radius 1 is 1.39 bits per heavy atom. The van der Waals surface area contributed by atoms with Gasteiger partial charge in [-0.15, -0.1) is 0 Å². The number of nitrogens with one attached hydrogen (secondary N) is 1. The Morgan fingerprint density at radius 3 is 2.83 bits per heavy atom. The molecule has 0 radical (unpaired) electrons. The van der Waals surface area contributed by atoms with Crippen LogP contribution in [0.1, 0.15) is 18.3 Å². The zero-order valence-corrected chi connectivity index (χ0v) is 11.4. The minimum absolute atomic E-state index is 0.225. The van der Waals surface area contributed by atoms with E-state index in [1.165, 1.54) is 0 Å². The van der Waals surface area contributed by atoms with Gasteiger partial charge in [0.1, 0.15) is 16.8 Å². The van der Waals surface area contributed by atoms with Crippen LogP contribution < -0.4 is 5.32 Å². The molecule has 0 fully saturated rings. The van der Waals surface area contributed by atoms with Gasteiger partial charge in [-0.1, -0.05) is 11.6 Å². The van der Waals surface area contributed by atoms with Gasteiger partial charge in [0.05, 0.1) is 6.33 Å². The van der Waals surface area contributed by atoms with Crippen molar-refractivity contribution in [2.75, 3.05) is 5.32 Å². The van der Waals surface area contributed by atoms with Gasteiger partial charge < -0.3 is 9.88 Å². The van der Waals surface area contributed by atoms with Gasteiger partial charge in [0, 0.05) is 30.5 Å². The lowest BCUT2D eigenvalue weighted by Gasteiger charge is -2.17. The second kappa shape index (κ2) is 5.35. The number of hydrogen-bond donors (Lipinski definition) is 1. The van der Waals surface area contributed by atoms with E-state index in [1.807, 2.05) is 24.6 Å². The maximum atomic E-state index is 6.04. The lowest BCUT2D eigenvalue weighted by Crippen LogP contribution is -2.22. The molecule has 2 heterocycles. The van der Waals surface area contributed by atoms with Crippen molar-refractivity contribution in [2.45, 2.75) is 33.4 Å². The first-order valence-corrected chi connectivity index (χ1v) is 6.17. The zero-order valence-electron chi connectivity index (χ0n) is 10.7. The molecule has 1 unspecified atom stereocenters. The molecule has 1 atom stereocenters. The third-order valence-electron chi connectivity index (χ3n) is 2.63. The molecule has 96 valence electrons. The molecule has 0 saturated carbocycles. The van der Waals surface area contributed by atoms with Crippen LogP contribution in [0.3, 0.4) is 0 Å². The molecule has 0 saturated heterocycles. The van der Waals surface area contributed by atoms with Crippen LogP contribution in [0.25, 0.3) is 0 Å². The Hall–Kier alpha value is -1.62. The number of imidazole rings is 1. The van der Waals surface area contributed by atoms with E-state index < -0.39 is 0 Å². The summed E-state index contributed by atoms with van der Waals surface area (Å²) in [5.41, 5.74) is 0.875. The van der Waals surface area contributed by atoms with Crippen LogP contribution in [0.5, 0.6) is 0 Å². The second-order valence-corrected chi connectivity index (χ2v) is 4.70. The first-order valence-electron chi connectivity index (χ1n) is 5.79. The summed E-state index contributed by atoms with van der Waals surface area (Å²) < 4.78 is 2.02. The van der Waals surface area contributed by atoms with Crippen LogP contribution >= 0.6 is 11.6 Å². The summed E-state index contributed by atoms with van der Waals surface area (Å²) in [4.78, 5) is 12.5. The molecule has 0 amide bonds. The predicted octanol–water partition coefficient (Wildman–Crippen LogP) is 2.44. The number of aryl methyl sites for hydroxylation is 1. The second-order valence-electron chi connectivity index (χ2n) is 4.34. The molecule has 0 aromatic carbocycles. The number of anilines is 1. The van der Waals surface area contributed by atoms with Gasteiger partial charge in [-0.25, -0.2) is 15.0 Å². The normalized spacial score (nSPS) is 12.4. The van der Waals surface area contributed by atoms with Crippen molar-refractivity contribution in [3.8, 4) is 0 Å². The lowest BCUT2D eigenvalue weighted by molar-refractivity contribution is 0.616. The summed E-state index contributed by atoms with van der Waals surface area (Å²) in [6.45, 7) is 6.65. The maximum absolute atomic E-state index is 6.04. The van der Waals surface area contributed by atoms with Crippen LogP contribution in [-0.2, 0) is 6.54 Å². The molecule has 2 aromatic rings. The van der Waals surface area contributed by atoms with Crippen molar-refractivity contribution in [3.63, 3.8) is 0 Å². The predicted molar refractivity (Wildman–Crippen MR) is 71.8 cm³/mol. The summed E-state index contributed by atoms with van der Waals surface area (Å²) in [7, 11) is 0. The van der Waals surface area contributed by atoms with Crippen LogP contribution in [0.15, 0.2) is 18.7 Å². The minimum atomic E-state index is 0.225. The quantitative estimate of drug-likeness (QED) is 0.863. The number of nitrogens with zero attached hydrogens (tertiary/aromatic N) is 4. The highest BCUT2D eigenvalue weighted by Crippen LogP contribution is 2.20. The average Bonchev–Trinajstić information content (AvgIpc) is 2.77. The van der Waals surface area contributed by atoms with E-state index in [9.17, 15) is 0 Å². The standard InChI is InChI=1S/C12H16ClN5/c1-8(6-18-5-4-14-7-18)15-12-9(2)11(13)16-10(3)17-12/h4-5,7-8H,6H2,1-3H3,(H,15,16,17). The highest BCUT2D eigenvalue weighted by atomic mass is 35.5. The Morgan fingerprint density at radius 2 is 2.17 bits per heavy atom. The smallest absolute Gasteiger partial charge is 0.137 e. The molecule has 6 heteroatoms. The van der Waals surface area contributed by atoms with E-state index in [2.05, 4.69) is 27.2 Å². The molecule has 0 aliphatic rings. The summed E-state index contributed by atoms with van der Waals surface area (Å²) in [6.07, 6.45) is 5.50. The van der Waals surface area contributed by atoms with E-state index in [1.54, 1.807) is 12.5 Å². The third kappa shape index (κ3) is 2.98. The van der Waals surface area contributed by atoms with E-state index in [0.29, 0.717) is 11.0 Å². The van der Waals surface area contributed by atoms with Gasteiger partial charge in [-0.3, -0.25) is 0 Å². The van der Waals surface area contributed by atoms with Gasteiger partial charge in [0.25, 0.3) is 0 Å². The molecule has 0 bridgehead atoms. The van der Waals surface area contributed by atoms with Crippen LogP contribution in [-0.4, -0.2) is 25.6 Å². The number of hydrogen-bond acceptors (Lipinski definition) is 4. The molecule has 0 aliphatic heterocycles. The highest BCUT2D eigenvalue weighted by molar-refractivity contribution is 6.30. The zero-order chi connectivity index (χ0) is 13.1. The van der Waals surface area contributed by atoms with Crippen LogP contribution in [0.4, 0.5) is 5.82 Å². The van der Waals surface area contributed by atoms with Crippen molar-refractivity contribution < 1.29 is 0 Å². The molecule has 2 rings (SSSR count). The molecular formula is C12H16ClN5. The van der Waals surface area contributed by atoms with Crippen molar-refractivity contribution in [2.24, 2.45) is 0 Å². The van der Waals surface area contributed by atoms with Gasteiger partial charge in [0.15, 0.2) is 0 Å². The topological polar surface area (TPSA) is 55.6 Å². The molecule has 0 aliphatic carbocycles. The van der Waals surface area contributed by atoms with Crippen LogP contribution in [0.2, 0.25) is 5.15 Å². The molecule has 5 nitrogen and oxygen atoms in total. The molecule has 1 N–H and O–H groups in total. The van der Waals surface area contributed by atoms with E-state index in [4.69, 9.17) is 11.6 Å². The van der Waals surface area contributed by atoms with Crippen molar-refractivity contribution >= 4 is 17.4 Å². The Balaban J connectivity index is 2.09. The fraction of sp³-hybridized carbons (Fsp3) is 0.417. The lowest BCUT2D eigenvalue weighted by atomic mass is 10.3. The van der Waals surface area contributed by atoms with Crippen molar-refractivity contribution in [1.82, 2.24) is 19.5 Å². The van der Waals surface area contributed by atoms with E-state index in [-0.39, 0.29) is 6.04 Å². The Kier molecular flexibility index (Phi) is 3.81. The number of rotatable bonds is 4. The van der Waals surface area contributed by atoms with Gasteiger partial charge in [0.2, 0.25) is 0 Å². The summed E-state index contributed by atoms with van der Waals surface area (Å²) in [5.74, 6) is 1.46. The largest absolute Gasteiger partial charge is 0.365 e. The Labute approximate surface area is 111 Å². The SMILES string of the molecule is Cc1nc(Cl)c(C)c(NC(C)Cn2ccnc2)n1. The number of halogens is 1. The molecular weight excluding hydrogens is 250 g/mol. The minimum Gasteiger partial charge on any atom is -0.365 e. The van der Waals surface area contributed by atoms with E-state index in [0.717, 1.165) is 17.9 Å². The van der Waals surface area contributed by atoms with Crippen molar-refractivity contribution in [3.05, 3.63) is 35.3 Å². The maximum Gasteiger partial charge on any atom is 0.137 e. The highest BCUT2D eigenvalue weighted by Gasteiger charge is 2.10. The first kappa shape index (κ1) is 12.8. The van der Waals surface area contributed by atoms with Crippen LogP contribution in [0, 0.1) is 13.8 Å². The van der Waals surface area contributed by atoms with Gasteiger partial charge in [-0.05, 0) is 20.8 Å². The molecule has 2 aromatic heterocycles. The Bertz CT molecular complexity index is 524. The van der Waals surface area contributed by atoms with Gasteiger partial charge >= 0.3 is 0 Å².